The molecule has 214 valence electrons. The minimum absolute atomic E-state index is 0.0391. The van der Waals surface area contributed by atoms with Gasteiger partial charge in [-0.3, -0.25) is 14.4 Å². The van der Waals surface area contributed by atoms with Crippen molar-refractivity contribution in [1.29, 1.82) is 0 Å². The highest BCUT2D eigenvalue weighted by Crippen LogP contribution is 2.55. The summed E-state index contributed by atoms with van der Waals surface area (Å²) in [6.07, 6.45) is 7.31. The third-order valence-corrected chi connectivity index (χ3v) is 9.44. The molecule has 1 aliphatic carbocycles. The lowest BCUT2D eigenvalue weighted by atomic mass is 9.74. The lowest BCUT2D eigenvalue weighted by molar-refractivity contribution is -0.142. The van der Waals surface area contributed by atoms with E-state index in [0.717, 1.165) is 36.8 Å². The molecule has 3 fully saturated rings. The number of likely N-dealkylation sites (tertiary alicyclic amines) is 1. The van der Waals surface area contributed by atoms with Gasteiger partial charge in [0, 0.05) is 18.3 Å². The molecule has 5 aliphatic rings. The van der Waals surface area contributed by atoms with Crippen LogP contribution < -0.4 is 20.1 Å². The van der Waals surface area contributed by atoms with Crippen molar-refractivity contribution in [3.8, 4) is 11.5 Å². The Hall–Kier alpha value is -3.85. The van der Waals surface area contributed by atoms with Gasteiger partial charge in [0.1, 0.15) is 11.6 Å². The van der Waals surface area contributed by atoms with Crippen molar-refractivity contribution in [3.63, 3.8) is 0 Å². The first-order chi connectivity index (χ1) is 19.8. The average Bonchev–Trinajstić information content (AvgIpc) is 3.71. The molecular weight excluding hydrogens is 522 g/mol. The monoisotopic (exact) mass is 557 g/mol. The van der Waals surface area contributed by atoms with E-state index >= 15 is 0 Å². The van der Waals surface area contributed by atoms with Crippen LogP contribution >= 0.6 is 0 Å². The summed E-state index contributed by atoms with van der Waals surface area (Å²) in [7, 11) is 0. The zero-order chi connectivity index (χ0) is 28.3. The van der Waals surface area contributed by atoms with Crippen LogP contribution in [0.5, 0.6) is 11.5 Å². The summed E-state index contributed by atoms with van der Waals surface area (Å²) in [5.41, 5.74) is 1.28. The zero-order valence-corrected chi connectivity index (χ0v) is 23.3. The third kappa shape index (κ3) is 4.29. The number of carbonyl (C=O) groups is 3. The Balaban J connectivity index is 1.22. The van der Waals surface area contributed by atoms with E-state index in [4.69, 9.17) is 14.2 Å². The topological polar surface area (TPSA) is 106 Å². The second-order valence-corrected chi connectivity index (χ2v) is 12.1. The van der Waals surface area contributed by atoms with Gasteiger partial charge in [0.05, 0.1) is 17.9 Å². The van der Waals surface area contributed by atoms with E-state index in [2.05, 4.69) is 17.6 Å². The van der Waals surface area contributed by atoms with Crippen molar-refractivity contribution in [2.24, 2.45) is 17.8 Å². The van der Waals surface area contributed by atoms with E-state index in [9.17, 15) is 14.4 Å². The summed E-state index contributed by atoms with van der Waals surface area (Å²) >= 11 is 0. The van der Waals surface area contributed by atoms with Crippen molar-refractivity contribution in [2.75, 3.05) is 12.1 Å². The van der Waals surface area contributed by atoms with E-state index in [1.165, 1.54) is 0 Å². The van der Waals surface area contributed by atoms with Crippen LogP contribution in [-0.4, -0.2) is 53.2 Å². The quantitative estimate of drug-likeness (QED) is 0.525. The number of anilines is 1. The Labute approximate surface area is 239 Å². The van der Waals surface area contributed by atoms with Gasteiger partial charge in [0.2, 0.25) is 24.5 Å². The zero-order valence-electron chi connectivity index (χ0n) is 23.3. The molecule has 7 unspecified atom stereocenters. The van der Waals surface area contributed by atoms with Crippen molar-refractivity contribution in [2.45, 2.75) is 69.9 Å². The van der Waals surface area contributed by atoms with Crippen LogP contribution in [0, 0.1) is 24.7 Å². The van der Waals surface area contributed by atoms with Crippen molar-refractivity contribution in [1.82, 2.24) is 10.2 Å². The summed E-state index contributed by atoms with van der Waals surface area (Å²) in [6, 6.07) is 12.2. The number of ether oxygens (including phenoxy) is 3. The van der Waals surface area contributed by atoms with Crippen LogP contribution in [0.4, 0.5) is 5.69 Å². The Morgan fingerprint density at radius 2 is 1.88 bits per heavy atom. The standard InChI is InChI=1S/C32H35N3O6/c1-18-6-5-8-21(14-18)33-29(36)26-24-12-13-32(41-24)27(26)31(38)35(16-20-10-11-23-25(15-20)40-17-39-23)28(32)30(37)34-22-9-4-3-7-19(22)2/h5-6,8,10-15,19,22,24,26-28H,3-4,7,9,16-17H2,1-2H3,(H,33,36)(H,34,37). The van der Waals surface area contributed by atoms with Gasteiger partial charge < -0.3 is 29.7 Å². The molecule has 2 aromatic rings. The number of amides is 3. The maximum Gasteiger partial charge on any atom is 0.246 e. The number of carbonyl (C=O) groups excluding carboxylic acids is 3. The molecule has 2 aromatic carbocycles. The highest BCUT2D eigenvalue weighted by Gasteiger charge is 2.72. The van der Waals surface area contributed by atoms with Gasteiger partial charge in [0.15, 0.2) is 11.5 Å². The largest absolute Gasteiger partial charge is 0.454 e. The normalized spacial score (nSPS) is 32.7. The van der Waals surface area contributed by atoms with Gasteiger partial charge >= 0.3 is 0 Å². The first-order valence-corrected chi connectivity index (χ1v) is 14.6. The highest BCUT2D eigenvalue weighted by atomic mass is 16.7. The molecule has 9 heteroatoms. The number of rotatable bonds is 6. The number of fused-ring (bicyclic) bond motifs is 2. The molecule has 2 bridgehead atoms. The predicted molar refractivity (Wildman–Crippen MR) is 150 cm³/mol. The summed E-state index contributed by atoms with van der Waals surface area (Å²) in [4.78, 5) is 43.8. The molecule has 4 heterocycles. The van der Waals surface area contributed by atoms with Crippen LogP contribution in [0.15, 0.2) is 54.6 Å². The van der Waals surface area contributed by atoms with Gasteiger partial charge in [-0.05, 0) is 61.1 Å². The third-order valence-electron chi connectivity index (χ3n) is 9.44. The average molecular weight is 558 g/mol. The van der Waals surface area contributed by atoms with E-state index in [0.29, 0.717) is 23.1 Å². The van der Waals surface area contributed by atoms with Crippen LogP contribution in [0.2, 0.25) is 0 Å². The highest BCUT2D eigenvalue weighted by molar-refractivity contribution is 6.02. The van der Waals surface area contributed by atoms with Gasteiger partial charge in [-0.15, -0.1) is 0 Å². The maximum atomic E-state index is 14.3. The Morgan fingerprint density at radius 3 is 2.71 bits per heavy atom. The van der Waals surface area contributed by atoms with Gasteiger partial charge in [-0.1, -0.05) is 50.1 Å². The second-order valence-electron chi connectivity index (χ2n) is 12.1. The summed E-state index contributed by atoms with van der Waals surface area (Å²) in [6.45, 7) is 4.45. The molecule has 3 amide bonds. The Bertz CT molecular complexity index is 1440. The number of benzene rings is 2. The molecule has 0 radical (unpaired) electrons. The number of nitrogens with zero attached hydrogens (tertiary/aromatic N) is 1. The lowest BCUT2D eigenvalue weighted by Gasteiger charge is -2.36. The Morgan fingerprint density at radius 1 is 1.05 bits per heavy atom. The fourth-order valence-corrected chi connectivity index (χ4v) is 7.41. The van der Waals surface area contributed by atoms with E-state index < -0.39 is 29.6 Å². The van der Waals surface area contributed by atoms with Crippen LogP contribution in [-0.2, 0) is 25.7 Å². The molecule has 9 nitrogen and oxygen atoms in total. The molecular formula is C32H35N3O6. The molecule has 1 saturated carbocycles. The number of aryl methyl sites for hydroxylation is 1. The minimum Gasteiger partial charge on any atom is -0.454 e. The molecule has 4 aliphatic heterocycles. The van der Waals surface area contributed by atoms with Crippen molar-refractivity contribution >= 4 is 23.4 Å². The fraction of sp³-hybridized carbons (Fsp3) is 0.469. The van der Waals surface area contributed by atoms with Crippen molar-refractivity contribution in [3.05, 3.63) is 65.7 Å². The lowest BCUT2D eigenvalue weighted by Crippen LogP contribution is -2.57. The maximum absolute atomic E-state index is 14.3. The number of hydrogen-bond donors (Lipinski definition) is 2. The predicted octanol–water partition coefficient (Wildman–Crippen LogP) is 3.71. The minimum atomic E-state index is -1.21. The van der Waals surface area contributed by atoms with Gasteiger partial charge in [-0.2, -0.15) is 0 Å². The van der Waals surface area contributed by atoms with Gasteiger partial charge in [0.25, 0.3) is 0 Å². The van der Waals surface area contributed by atoms with E-state index in [-0.39, 0.29) is 37.1 Å². The molecule has 2 N–H and O–H groups in total. The van der Waals surface area contributed by atoms with Crippen LogP contribution in [0.3, 0.4) is 0 Å². The Kier molecular flexibility index (Phi) is 6.30. The first-order valence-electron chi connectivity index (χ1n) is 14.6. The molecule has 0 aromatic heterocycles. The van der Waals surface area contributed by atoms with Crippen molar-refractivity contribution < 1.29 is 28.6 Å². The van der Waals surface area contributed by atoms with Gasteiger partial charge in [-0.25, -0.2) is 0 Å². The summed E-state index contributed by atoms with van der Waals surface area (Å²) in [5, 5.41) is 6.27. The second kappa shape index (κ2) is 9.91. The molecule has 1 spiro atoms. The smallest absolute Gasteiger partial charge is 0.246 e. The van der Waals surface area contributed by atoms with Crippen LogP contribution in [0.1, 0.15) is 43.7 Å². The summed E-state index contributed by atoms with van der Waals surface area (Å²) in [5.74, 6) is -0.720. The first kappa shape index (κ1) is 26.1. The fourth-order valence-electron chi connectivity index (χ4n) is 7.41. The van der Waals surface area contributed by atoms with E-state index in [1.807, 2.05) is 61.5 Å². The SMILES string of the molecule is Cc1cccc(NC(=O)C2C3C=CC4(O3)C2C(=O)N(Cc2ccc3c(c2)OCO3)C4C(=O)NC2CCCCC2C)c1. The van der Waals surface area contributed by atoms with E-state index in [1.54, 1.807) is 4.90 Å². The summed E-state index contributed by atoms with van der Waals surface area (Å²) < 4.78 is 17.5. The molecule has 41 heavy (non-hydrogen) atoms. The molecule has 7 atom stereocenters. The van der Waals surface area contributed by atoms with Crippen LogP contribution in [0.25, 0.3) is 0 Å². The number of hydrogen-bond acceptors (Lipinski definition) is 6. The number of nitrogens with one attached hydrogen (secondary N) is 2. The molecule has 2 saturated heterocycles. The molecule has 7 rings (SSSR count).